The van der Waals surface area contributed by atoms with Gasteiger partial charge >= 0.3 is 0 Å². The van der Waals surface area contributed by atoms with Crippen LogP contribution in [0.5, 0.6) is 0 Å². The summed E-state index contributed by atoms with van der Waals surface area (Å²) in [6.45, 7) is 12.6. The van der Waals surface area contributed by atoms with Crippen LogP contribution in [0.3, 0.4) is 0 Å². The first kappa shape index (κ1) is 55.6. The van der Waals surface area contributed by atoms with Crippen molar-refractivity contribution >= 4 is 57.5 Å². The summed E-state index contributed by atoms with van der Waals surface area (Å²) in [7, 11) is 0. The van der Waals surface area contributed by atoms with E-state index in [0.717, 1.165) is 110 Å². The zero-order valence-corrected chi connectivity index (χ0v) is 45.8. The molecule has 3 saturated heterocycles. The highest BCUT2D eigenvalue weighted by Crippen LogP contribution is 2.35. The van der Waals surface area contributed by atoms with Gasteiger partial charge in [-0.25, -0.2) is 15.0 Å². The minimum atomic E-state index is -1.01. The van der Waals surface area contributed by atoms with E-state index in [-0.39, 0.29) is 23.8 Å². The number of rotatable bonds is 26. The molecule has 3 amide bonds. The zero-order valence-electron chi connectivity index (χ0n) is 44.2. The van der Waals surface area contributed by atoms with E-state index < -0.39 is 5.54 Å². The van der Waals surface area contributed by atoms with Gasteiger partial charge in [-0.3, -0.25) is 24.2 Å². The minimum absolute atomic E-state index is 0.0258. The van der Waals surface area contributed by atoms with E-state index in [0.29, 0.717) is 116 Å². The Hall–Kier alpha value is -5.13. The van der Waals surface area contributed by atoms with Crippen molar-refractivity contribution in [3.8, 4) is 0 Å². The number of piperidine rings is 1. The molecule has 5 aromatic rings. The van der Waals surface area contributed by atoms with Gasteiger partial charge < -0.3 is 49.9 Å². The highest BCUT2D eigenvalue weighted by Gasteiger charge is 2.40. The Morgan fingerprint density at radius 3 is 2.43 bits per heavy atom. The Balaban J connectivity index is 0.580. The number of hydrogen-bond donors (Lipinski definition) is 4. The number of fused-ring (bicyclic) bond motifs is 2. The number of aromatic nitrogens is 7. The minimum Gasteiger partial charge on any atom is -0.379 e. The number of hydrogen-bond acceptors (Lipinski definition) is 16. The number of carbonyl (C=O) groups is 3. The Morgan fingerprint density at radius 2 is 1.64 bits per heavy atom. The lowest BCUT2D eigenvalue weighted by atomic mass is 9.87. The molecule has 0 saturated carbocycles. The lowest BCUT2D eigenvalue weighted by molar-refractivity contribution is -0.134. The number of anilines is 1. The number of nitrogens with zero attached hydrogens (tertiary/aromatic N) is 10. The maximum absolute atomic E-state index is 13.9. The summed E-state index contributed by atoms with van der Waals surface area (Å²) in [6.07, 6.45) is 14.3. The van der Waals surface area contributed by atoms with Gasteiger partial charge in [0.2, 0.25) is 17.7 Å². The standard InChI is InChI=1S/C54H77ClN14O6S/c1-39-43(61-48(76-39)37-68-22-6-8-45(68)52-64-63-46-9-3-2-4-23-69(46)52)7-5-20-57-47(70)16-31-73-33-35-75-36-34-74-32-17-49(71)66-29-27-65(28-30-66)24-15-44(40-10-12-41(55)13-11-40)62-53(72)54(56)18-25-67(26-19-54)51-42-14-21-58-50(42)59-38-60-51/h10-14,21,38,44-45H,2-9,15-20,22-37,56H2,1H3,(H,57,70)(H,62,72)(H,58,59,60)/t44-,45?/m0/s1. The predicted octanol–water partition coefficient (Wildman–Crippen LogP) is 5.30. The van der Waals surface area contributed by atoms with Crippen LogP contribution in [-0.2, 0) is 54.5 Å². The molecule has 412 valence electrons. The molecule has 3 fully saturated rings. The summed E-state index contributed by atoms with van der Waals surface area (Å²) in [5.41, 5.74) is 8.70. The number of aromatic amines is 1. The van der Waals surface area contributed by atoms with Crippen molar-refractivity contribution in [3.05, 3.63) is 80.7 Å². The van der Waals surface area contributed by atoms with Crippen LogP contribution in [0.2, 0.25) is 5.02 Å². The maximum Gasteiger partial charge on any atom is 0.240 e. The third-order valence-electron chi connectivity index (χ3n) is 15.4. The van der Waals surface area contributed by atoms with Crippen molar-refractivity contribution < 1.29 is 28.6 Å². The molecule has 76 heavy (non-hydrogen) atoms. The van der Waals surface area contributed by atoms with Crippen molar-refractivity contribution in [1.82, 2.24) is 60.0 Å². The molecule has 0 bridgehead atoms. The fourth-order valence-electron chi connectivity index (χ4n) is 10.9. The van der Waals surface area contributed by atoms with E-state index in [2.05, 4.69) is 62.0 Å². The second-order valence-corrected chi connectivity index (χ2v) is 22.4. The summed E-state index contributed by atoms with van der Waals surface area (Å²) >= 11 is 8.03. The molecule has 0 aliphatic carbocycles. The lowest BCUT2D eigenvalue weighted by Crippen LogP contribution is -2.60. The van der Waals surface area contributed by atoms with Gasteiger partial charge in [-0.05, 0) is 95.0 Å². The van der Waals surface area contributed by atoms with Gasteiger partial charge in [0, 0.05) is 87.8 Å². The average Bonchev–Trinajstić information content (AvgIpc) is 4.23. The van der Waals surface area contributed by atoms with E-state index in [9.17, 15) is 14.4 Å². The molecule has 2 atom stereocenters. The van der Waals surface area contributed by atoms with Crippen molar-refractivity contribution in [3.63, 3.8) is 0 Å². The second-order valence-electron chi connectivity index (χ2n) is 20.6. The van der Waals surface area contributed by atoms with Crippen LogP contribution in [0.1, 0.15) is 116 Å². The fraction of sp³-hybridized carbons (Fsp3) is 0.630. The van der Waals surface area contributed by atoms with Gasteiger partial charge in [0.25, 0.3) is 0 Å². The molecule has 4 aliphatic heterocycles. The molecule has 5 N–H and O–H groups in total. The number of nitrogens with one attached hydrogen (secondary N) is 3. The van der Waals surface area contributed by atoms with Crippen LogP contribution in [0.15, 0.2) is 42.9 Å². The van der Waals surface area contributed by atoms with Gasteiger partial charge in [0.05, 0.1) is 81.3 Å². The molecule has 0 spiro atoms. The van der Waals surface area contributed by atoms with Crippen LogP contribution in [-0.4, -0.2) is 171 Å². The van der Waals surface area contributed by atoms with E-state index in [1.807, 2.05) is 41.4 Å². The van der Waals surface area contributed by atoms with Crippen LogP contribution >= 0.6 is 22.9 Å². The number of thiazole rings is 1. The number of ether oxygens (including phenoxy) is 3. The molecule has 4 aromatic heterocycles. The first-order valence-electron chi connectivity index (χ1n) is 27.6. The SMILES string of the molecule is Cc1sc(CN2CCCC2c2nnc3n2CCCCC3)nc1CCCNC(=O)CCOCCOCCOCCC(=O)N1CCN(CC[C@H](NC(=O)C2(N)CCN(c3ncnc4[nH]ccc34)CC2)c2ccc(Cl)cc2)CC1. The van der Waals surface area contributed by atoms with Crippen molar-refractivity contribution in [2.75, 3.05) is 103 Å². The van der Waals surface area contributed by atoms with Crippen LogP contribution < -0.4 is 21.3 Å². The normalized spacial score (nSPS) is 18.7. The van der Waals surface area contributed by atoms with Crippen molar-refractivity contribution in [2.24, 2.45) is 5.73 Å². The Morgan fingerprint density at radius 1 is 0.882 bits per heavy atom. The van der Waals surface area contributed by atoms with Crippen LogP contribution in [0, 0.1) is 6.92 Å². The first-order valence-corrected chi connectivity index (χ1v) is 28.8. The predicted molar refractivity (Wildman–Crippen MR) is 292 cm³/mol. The van der Waals surface area contributed by atoms with E-state index in [4.69, 9.17) is 36.5 Å². The quantitative estimate of drug-likeness (QED) is 0.0516. The van der Waals surface area contributed by atoms with Crippen molar-refractivity contribution in [2.45, 2.75) is 121 Å². The number of halogens is 1. The van der Waals surface area contributed by atoms with Gasteiger partial charge in [-0.2, -0.15) is 0 Å². The molecule has 0 radical (unpaired) electrons. The molecule has 22 heteroatoms. The Labute approximate surface area is 455 Å². The monoisotopic (exact) mass is 1080 g/mol. The van der Waals surface area contributed by atoms with Gasteiger partial charge in [0.15, 0.2) is 0 Å². The third kappa shape index (κ3) is 14.9. The average molecular weight is 1090 g/mol. The molecule has 8 heterocycles. The summed E-state index contributed by atoms with van der Waals surface area (Å²) in [5, 5.41) is 18.3. The number of nitrogens with two attached hydrogens (primary N) is 1. The van der Waals surface area contributed by atoms with Gasteiger partial charge in [-0.1, -0.05) is 30.2 Å². The zero-order chi connectivity index (χ0) is 52.7. The van der Waals surface area contributed by atoms with E-state index in [1.54, 1.807) is 17.7 Å². The van der Waals surface area contributed by atoms with Crippen LogP contribution in [0.4, 0.5) is 5.82 Å². The molecule has 1 aromatic carbocycles. The molecule has 9 rings (SSSR count). The summed E-state index contributed by atoms with van der Waals surface area (Å²) in [5.74, 6) is 3.02. The van der Waals surface area contributed by atoms with Gasteiger partial charge in [0.1, 0.15) is 34.4 Å². The maximum atomic E-state index is 13.9. The molecular formula is C54H77ClN14O6S. The third-order valence-corrected chi connectivity index (χ3v) is 16.7. The molecule has 1 unspecified atom stereocenters. The second kappa shape index (κ2) is 27.5. The van der Waals surface area contributed by atoms with Crippen molar-refractivity contribution in [1.29, 1.82) is 0 Å². The topological polar surface area (TPSA) is 227 Å². The summed E-state index contributed by atoms with van der Waals surface area (Å²) < 4.78 is 19.4. The number of amides is 3. The molecule has 20 nitrogen and oxygen atoms in total. The highest BCUT2D eigenvalue weighted by atomic mass is 35.5. The van der Waals surface area contributed by atoms with Gasteiger partial charge in [-0.15, -0.1) is 21.5 Å². The molecular weight excluding hydrogens is 1010 g/mol. The Kier molecular flexibility index (Phi) is 20.1. The summed E-state index contributed by atoms with van der Waals surface area (Å²) in [6, 6.07) is 9.62. The lowest BCUT2D eigenvalue weighted by Gasteiger charge is -2.39. The summed E-state index contributed by atoms with van der Waals surface area (Å²) in [4.78, 5) is 66.6. The number of piperazine rings is 1. The number of likely N-dealkylation sites (tertiary alicyclic amines) is 1. The van der Waals surface area contributed by atoms with E-state index >= 15 is 0 Å². The fourth-order valence-corrected chi connectivity index (χ4v) is 12.1. The number of aryl methyl sites for hydroxylation is 3. The Bertz CT molecular complexity index is 2650. The number of benzene rings is 1. The highest BCUT2D eigenvalue weighted by molar-refractivity contribution is 7.11. The van der Waals surface area contributed by atoms with E-state index in [1.165, 1.54) is 30.6 Å². The smallest absolute Gasteiger partial charge is 0.240 e. The molecule has 4 aliphatic rings. The number of H-pyrrole nitrogens is 1. The van der Waals surface area contributed by atoms with Crippen LogP contribution in [0.25, 0.3) is 11.0 Å². The largest absolute Gasteiger partial charge is 0.379 e. The number of carbonyl (C=O) groups excluding carboxylic acids is 3. The first-order chi connectivity index (χ1) is 37.1.